The molecule has 1 aliphatic heterocycles. The fraction of sp³-hybridized carbons (Fsp3) is 0.364. The molecule has 1 heterocycles. The lowest BCUT2D eigenvalue weighted by atomic mass is 9.77. The number of carbonyl (C=O) groups excluding carboxylic acids is 2. The van der Waals surface area contributed by atoms with E-state index in [-0.39, 0.29) is 31.0 Å². The summed E-state index contributed by atoms with van der Waals surface area (Å²) in [4.78, 5) is 26.3. The van der Waals surface area contributed by atoms with Crippen molar-refractivity contribution in [3.8, 4) is 11.5 Å². The zero-order chi connectivity index (χ0) is 23.4. The Labute approximate surface area is 188 Å². The SMILES string of the molecule is NC(=O)C[C@@]1(COc2ccc(Cl)cc2)CCCN(C(=O)c2ccc(OC(F)(F)F)cc2)C1. The van der Waals surface area contributed by atoms with E-state index in [1.54, 1.807) is 29.2 Å². The Kier molecular flexibility index (Phi) is 7.18. The molecule has 0 aromatic heterocycles. The van der Waals surface area contributed by atoms with Gasteiger partial charge < -0.3 is 20.1 Å². The molecule has 0 aliphatic carbocycles. The Hall–Kier alpha value is -2.94. The average molecular weight is 471 g/mol. The minimum atomic E-state index is -4.81. The van der Waals surface area contributed by atoms with Gasteiger partial charge in [0.25, 0.3) is 5.91 Å². The van der Waals surface area contributed by atoms with E-state index in [2.05, 4.69) is 4.74 Å². The van der Waals surface area contributed by atoms with Crippen LogP contribution in [0.25, 0.3) is 0 Å². The maximum absolute atomic E-state index is 13.0. The maximum atomic E-state index is 13.0. The zero-order valence-electron chi connectivity index (χ0n) is 17.0. The summed E-state index contributed by atoms with van der Waals surface area (Å²) >= 11 is 5.89. The summed E-state index contributed by atoms with van der Waals surface area (Å²) in [5, 5.41) is 0.560. The number of rotatable bonds is 7. The van der Waals surface area contributed by atoms with E-state index in [1.807, 2.05) is 0 Å². The van der Waals surface area contributed by atoms with Crippen LogP contribution in [0.1, 0.15) is 29.6 Å². The second-order valence-corrected chi connectivity index (χ2v) is 8.22. The minimum Gasteiger partial charge on any atom is -0.493 e. The van der Waals surface area contributed by atoms with Gasteiger partial charge in [-0.3, -0.25) is 9.59 Å². The van der Waals surface area contributed by atoms with E-state index in [4.69, 9.17) is 22.1 Å². The summed E-state index contributed by atoms with van der Waals surface area (Å²) in [6.45, 7) is 0.837. The van der Waals surface area contributed by atoms with E-state index >= 15 is 0 Å². The smallest absolute Gasteiger partial charge is 0.493 e. The molecule has 0 spiro atoms. The van der Waals surface area contributed by atoms with Crippen LogP contribution in [0, 0.1) is 5.41 Å². The highest BCUT2D eigenvalue weighted by Gasteiger charge is 2.40. The fourth-order valence-electron chi connectivity index (χ4n) is 3.81. The van der Waals surface area contributed by atoms with Crippen molar-refractivity contribution >= 4 is 23.4 Å². The third-order valence-corrected chi connectivity index (χ3v) is 5.44. The molecule has 1 atom stereocenters. The molecule has 6 nitrogen and oxygen atoms in total. The first kappa shape index (κ1) is 23.7. The van der Waals surface area contributed by atoms with Gasteiger partial charge in [-0.1, -0.05) is 11.6 Å². The van der Waals surface area contributed by atoms with Gasteiger partial charge in [-0.25, -0.2) is 0 Å². The Morgan fingerprint density at radius 3 is 2.28 bits per heavy atom. The maximum Gasteiger partial charge on any atom is 0.573 e. The molecule has 0 saturated carbocycles. The molecule has 3 rings (SSSR count). The predicted octanol–water partition coefficient (Wildman–Crippen LogP) is 4.42. The monoisotopic (exact) mass is 470 g/mol. The van der Waals surface area contributed by atoms with Crippen LogP contribution in [0.5, 0.6) is 11.5 Å². The predicted molar refractivity (Wildman–Crippen MR) is 111 cm³/mol. The van der Waals surface area contributed by atoms with Crippen LogP contribution in [0.15, 0.2) is 48.5 Å². The molecule has 0 radical (unpaired) electrons. The van der Waals surface area contributed by atoms with Crippen molar-refractivity contribution < 1.29 is 32.2 Å². The number of alkyl halides is 3. The minimum absolute atomic E-state index is 0.0305. The van der Waals surface area contributed by atoms with Crippen LogP contribution in [0.3, 0.4) is 0 Å². The molecule has 2 amide bonds. The number of halogens is 4. The molecule has 32 heavy (non-hydrogen) atoms. The number of primary amides is 1. The molecule has 0 unspecified atom stereocenters. The summed E-state index contributed by atoms with van der Waals surface area (Å²) in [7, 11) is 0. The standard InChI is InChI=1S/C22H22ClF3N2O4/c23-16-4-8-17(9-5-16)31-14-21(12-19(27)29)10-1-11-28(13-21)20(30)15-2-6-18(7-3-15)32-22(24,25)26/h2-9H,1,10-14H2,(H2,27,29)/t21-/m0/s1. The normalized spacial score (nSPS) is 18.8. The molecule has 1 saturated heterocycles. The molecular formula is C22H22ClF3N2O4. The van der Waals surface area contributed by atoms with Crippen molar-refractivity contribution in [2.75, 3.05) is 19.7 Å². The molecule has 2 aromatic rings. The molecular weight excluding hydrogens is 449 g/mol. The second-order valence-electron chi connectivity index (χ2n) is 7.79. The first-order valence-electron chi connectivity index (χ1n) is 9.87. The number of ether oxygens (including phenoxy) is 2. The van der Waals surface area contributed by atoms with Crippen LogP contribution in [-0.4, -0.2) is 42.8 Å². The highest BCUT2D eigenvalue weighted by Crippen LogP contribution is 2.35. The molecule has 172 valence electrons. The number of amides is 2. The number of hydrogen-bond acceptors (Lipinski definition) is 4. The Bertz CT molecular complexity index is 951. The number of piperidine rings is 1. The van der Waals surface area contributed by atoms with Crippen molar-refractivity contribution in [2.24, 2.45) is 11.1 Å². The topological polar surface area (TPSA) is 81.9 Å². The Morgan fingerprint density at radius 2 is 1.69 bits per heavy atom. The van der Waals surface area contributed by atoms with Crippen LogP contribution >= 0.6 is 11.6 Å². The lowest BCUT2D eigenvalue weighted by Gasteiger charge is -2.42. The second kappa shape index (κ2) is 9.68. The summed E-state index contributed by atoms with van der Waals surface area (Å²) in [6, 6.07) is 11.5. The van der Waals surface area contributed by atoms with E-state index in [1.165, 1.54) is 12.1 Å². The van der Waals surface area contributed by atoms with Crippen LogP contribution in [0.4, 0.5) is 13.2 Å². The van der Waals surface area contributed by atoms with Crippen molar-refractivity contribution in [2.45, 2.75) is 25.6 Å². The van der Waals surface area contributed by atoms with Crippen molar-refractivity contribution in [3.63, 3.8) is 0 Å². The first-order chi connectivity index (χ1) is 15.1. The number of hydrogen-bond donors (Lipinski definition) is 1. The number of nitrogens with two attached hydrogens (primary N) is 1. The molecule has 10 heteroatoms. The van der Waals surface area contributed by atoms with Gasteiger partial charge in [0.1, 0.15) is 11.5 Å². The third-order valence-electron chi connectivity index (χ3n) is 5.19. The molecule has 1 aliphatic rings. The Morgan fingerprint density at radius 1 is 1.06 bits per heavy atom. The molecule has 1 fully saturated rings. The van der Waals surface area contributed by atoms with Gasteiger partial charge in [-0.05, 0) is 61.4 Å². The van der Waals surface area contributed by atoms with E-state index < -0.39 is 23.4 Å². The van der Waals surface area contributed by atoms with E-state index in [0.29, 0.717) is 30.2 Å². The van der Waals surface area contributed by atoms with E-state index in [9.17, 15) is 22.8 Å². The quantitative estimate of drug-likeness (QED) is 0.649. The van der Waals surface area contributed by atoms with Gasteiger partial charge in [0.15, 0.2) is 0 Å². The van der Waals surface area contributed by atoms with Gasteiger partial charge in [-0.2, -0.15) is 0 Å². The van der Waals surface area contributed by atoms with Gasteiger partial charge in [-0.15, -0.1) is 13.2 Å². The first-order valence-corrected chi connectivity index (χ1v) is 10.2. The fourth-order valence-corrected chi connectivity index (χ4v) is 3.94. The summed E-state index contributed by atoms with van der Waals surface area (Å²) in [5.74, 6) is -0.703. The lowest BCUT2D eigenvalue weighted by Crippen LogP contribution is -2.50. The van der Waals surface area contributed by atoms with Gasteiger partial charge in [0, 0.05) is 35.5 Å². The van der Waals surface area contributed by atoms with Crippen LogP contribution in [-0.2, 0) is 4.79 Å². The van der Waals surface area contributed by atoms with Gasteiger partial charge in [0.2, 0.25) is 5.91 Å². The molecule has 2 aromatic carbocycles. The van der Waals surface area contributed by atoms with Crippen LogP contribution in [0.2, 0.25) is 5.02 Å². The number of benzene rings is 2. The number of carbonyl (C=O) groups is 2. The largest absolute Gasteiger partial charge is 0.573 e. The zero-order valence-corrected chi connectivity index (χ0v) is 17.8. The number of nitrogens with zero attached hydrogens (tertiary/aromatic N) is 1. The van der Waals surface area contributed by atoms with Crippen molar-refractivity contribution in [1.29, 1.82) is 0 Å². The third kappa shape index (κ3) is 6.53. The summed E-state index contributed by atoms with van der Waals surface area (Å²) in [5.41, 5.74) is 5.01. The Balaban J connectivity index is 1.72. The lowest BCUT2D eigenvalue weighted by molar-refractivity contribution is -0.274. The summed E-state index contributed by atoms with van der Waals surface area (Å²) < 4.78 is 46.7. The summed E-state index contributed by atoms with van der Waals surface area (Å²) in [6.07, 6.45) is -3.52. The molecule has 0 bridgehead atoms. The van der Waals surface area contributed by atoms with E-state index in [0.717, 1.165) is 12.1 Å². The van der Waals surface area contributed by atoms with Crippen LogP contribution < -0.4 is 15.2 Å². The van der Waals surface area contributed by atoms with Crippen molar-refractivity contribution in [1.82, 2.24) is 4.90 Å². The van der Waals surface area contributed by atoms with Crippen molar-refractivity contribution in [3.05, 3.63) is 59.1 Å². The highest BCUT2D eigenvalue weighted by atomic mass is 35.5. The van der Waals surface area contributed by atoms with Gasteiger partial charge >= 0.3 is 6.36 Å². The molecule has 2 N–H and O–H groups in total. The number of likely N-dealkylation sites (tertiary alicyclic amines) is 1. The van der Waals surface area contributed by atoms with Gasteiger partial charge in [0.05, 0.1) is 6.61 Å². The highest BCUT2D eigenvalue weighted by molar-refractivity contribution is 6.30. The average Bonchev–Trinajstić information content (AvgIpc) is 2.72.